The Morgan fingerprint density at radius 1 is 1.31 bits per heavy atom. The van der Waals surface area contributed by atoms with Gasteiger partial charge in [-0.05, 0) is 65.6 Å². The number of carbonyl (C=O) groups excluding carboxylic acids is 1. The molecule has 2 rings (SSSR count). The number of nitrogens with one attached hydrogen (secondary N) is 2. The molecule has 0 heterocycles. The van der Waals surface area contributed by atoms with Crippen molar-refractivity contribution in [2.24, 2.45) is 5.92 Å². The van der Waals surface area contributed by atoms with E-state index in [1.54, 1.807) is 6.20 Å². The summed E-state index contributed by atoms with van der Waals surface area (Å²) in [6, 6.07) is 7.47. The molecule has 0 unspecified atom stereocenters. The van der Waals surface area contributed by atoms with Crippen LogP contribution in [0.25, 0.3) is 0 Å². The largest absolute Gasteiger partial charge is 0.323 e. The third kappa shape index (κ3) is 3.84. The van der Waals surface area contributed by atoms with Gasteiger partial charge in [0.1, 0.15) is 0 Å². The van der Waals surface area contributed by atoms with Gasteiger partial charge in [0.15, 0.2) is 0 Å². The average molecular weight is 328 g/mol. The lowest BCUT2D eigenvalue weighted by Crippen LogP contribution is -2.23. The fourth-order valence-electron chi connectivity index (χ4n) is 1.25. The highest BCUT2D eigenvalue weighted by Crippen LogP contribution is 2.29. The van der Waals surface area contributed by atoms with Crippen LogP contribution in [0, 0.1) is 9.49 Å². The van der Waals surface area contributed by atoms with E-state index in [-0.39, 0.29) is 6.03 Å². The predicted octanol–water partition coefficient (Wildman–Crippen LogP) is 3.34. The van der Waals surface area contributed by atoms with E-state index >= 15 is 0 Å². The number of anilines is 1. The Hall–Kier alpha value is -1.04. The summed E-state index contributed by atoms with van der Waals surface area (Å²) >= 11 is 2.23. The van der Waals surface area contributed by atoms with Crippen molar-refractivity contribution in [1.29, 1.82) is 0 Å². The minimum atomic E-state index is -0.196. The van der Waals surface area contributed by atoms with Gasteiger partial charge >= 0.3 is 6.03 Å². The summed E-state index contributed by atoms with van der Waals surface area (Å²) in [4.78, 5) is 11.4. The highest BCUT2D eigenvalue weighted by Gasteiger charge is 2.16. The number of hydrogen-bond acceptors (Lipinski definition) is 1. The van der Waals surface area contributed by atoms with E-state index in [4.69, 9.17) is 0 Å². The van der Waals surface area contributed by atoms with Gasteiger partial charge in [0.25, 0.3) is 0 Å². The van der Waals surface area contributed by atoms with Crippen LogP contribution in [-0.4, -0.2) is 6.03 Å². The Morgan fingerprint density at radius 2 is 2.00 bits per heavy atom. The van der Waals surface area contributed by atoms with Gasteiger partial charge in [-0.3, -0.25) is 0 Å². The third-order valence-corrected chi connectivity index (χ3v) is 3.03. The minimum Gasteiger partial charge on any atom is -0.315 e. The molecule has 2 N–H and O–H groups in total. The van der Waals surface area contributed by atoms with Gasteiger partial charge in [-0.2, -0.15) is 0 Å². The molecule has 1 saturated carbocycles. The SMILES string of the molecule is O=C(N/C=C/C1CC1)Nc1ccc(I)cc1. The zero-order valence-corrected chi connectivity index (χ0v) is 10.9. The van der Waals surface area contributed by atoms with E-state index in [1.807, 2.05) is 30.3 Å². The Morgan fingerprint density at radius 3 is 2.62 bits per heavy atom. The molecule has 4 heteroatoms. The predicted molar refractivity (Wildman–Crippen MR) is 73.2 cm³/mol. The summed E-state index contributed by atoms with van der Waals surface area (Å²) in [5.41, 5.74) is 0.803. The van der Waals surface area contributed by atoms with Crippen molar-refractivity contribution in [1.82, 2.24) is 5.32 Å². The lowest BCUT2D eigenvalue weighted by molar-refractivity contribution is 0.255. The molecule has 0 aliphatic heterocycles. The van der Waals surface area contributed by atoms with Crippen LogP contribution in [-0.2, 0) is 0 Å². The number of benzene rings is 1. The van der Waals surface area contributed by atoms with Crippen LogP contribution in [0.2, 0.25) is 0 Å². The van der Waals surface area contributed by atoms with E-state index in [1.165, 1.54) is 12.8 Å². The smallest absolute Gasteiger partial charge is 0.315 e. The molecular weight excluding hydrogens is 315 g/mol. The summed E-state index contributed by atoms with van der Waals surface area (Å²) in [5.74, 6) is 0.679. The molecular formula is C12H13IN2O. The maximum absolute atomic E-state index is 11.4. The standard InChI is InChI=1S/C12H13IN2O/c13-10-3-5-11(6-4-10)15-12(16)14-8-7-9-1-2-9/h3-9H,1-2H2,(H2,14,15,16)/b8-7+. The molecule has 0 spiro atoms. The second-order valence-electron chi connectivity index (χ2n) is 3.80. The number of carbonyl (C=O) groups is 1. The first-order valence-corrected chi connectivity index (χ1v) is 6.32. The average Bonchev–Trinajstić information content (AvgIpc) is 3.05. The van der Waals surface area contributed by atoms with Gasteiger partial charge < -0.3 is 10.6 Å². The topological polar surface area (TPSA) is 41.1 Å². The van der Waals surface area contributed by atoms with Crippen LogP contribution >= 0.6 is 22.6 Å². The highest BCUT2D eigenvalue weighted by molar-refractivity contribution is 14.1. The Labute approximate surface area is 108 Å². The van der Waals surface area contributed by atoms with Gasteiger partial charge in [0.2, 0.25) is 0 Å². The molecule has 0 bridgehead atoms. The highest BCUT2D eigenvalue weighted by atomic mass is 127. The van der Waals surface area contributed by atoms with Crippen molar-refractivity contribution in [3.8, 4) is 0 Å². The number of allylic oxidation sites excluding steroid dienone is 1. The molecule has 16 heavy (non-hydrogen) atoms. The van der Waals surface area contributed by atoms with Crippen molar-refractivity contribution in [2.75, 3.05) is 5.32 Å². The lowest BCUT2D eigenvalue weighted by Gasteiger charge is -2.04. The number of halogens is 1. The lowest BCUT2D eigenvalue weighted by atomic mass is 10.3. The quantitative estimate of drug-likeness (QED) is 0.821. The molecule has 1 aromatic rings. The normalized spacial score (nSPS) is 15.1. The molecule has 2 amide bonds. The van der Waals surface area contributed by atoms with E-state index < -0.39 is 0 Å². The van der Waals surface area contributed by atoms with Gasteiger partial charge in [0.05, 0.1) is 0 Å². The Kier molecular flexibility index (Phi) is 3.82. The second-order valence-corrected chi connectivity index (χ2v) is 5.05. The molecule has 0 aromatic heterocycles. The van der Waals surface area contributed by atoms with Crippen LogP contribution < -0.4 is 10.6 Å². The summed E-state index contributed by atoms with van der Waals surface area (Å²) in [5, 5.41) is 5.44. The van der Waals surface area contributed by atoms with E-state index in [0.717, 1.165) is 9.26 Å². The van der Waals surface area contributed by atoms with Crippen molar-refractivity contribution < 1.29 is 4.79 Å². The first-order valence-electron chi connectivity index (χ1n) is 5.24. The van der Waals surface area contributed by atoms with Crippen LogP contribution in [0.5, 0.6) is 0 Å². The van der Waals surface area contributed by atoms with Crippen LogP contribution in [0.4, 0.5) is 10.5 Å². The van der Waals surface area contributed by atoms with Crippen molar-refractivity contribution in [3.05, 3.63) is 40.1 Å². The molecule has 3 nitrogen and oxygen atoms in total. The molecule has 0 atom stereocenters. The number of hydrogen-bond donors (Lipinski definition) is 2. The fourth-order valence-corrected chi connectivity index (χ4v) is 1.61. The van der Waals surface area contributed by atoms with Crippen molar-refractivity contribution in [2.45, 2.75) is 12.8 Å². The first kappa shape index (κ1) is 11.4. The number of urea groups is 1. The first-order chi connectivity index (χ1) is 7.74. The second kappa shape index (κ2) is 5.34. The van der Waals surface area contributed by atoms with Crippen LogP contribution in [0.15, 0.2) is 36.5 Å². The van der Waals surface area contributed by atoms with Gasteiger partial charge in [-0.1, -0.05) is 6.08 Å². The maximum Gasteiger partial charge on any atom is 0.323 e. The summed E-state index contributed by atoms with van der Waals surface area (Å²) in [7, 11) is 0. The van der Waals surface area contributed by atoms with Gasteiger partial charge in [-0.15, -0.1) is 0 Å². The Balaban J connectivity index is 1.79. The van der Waals surface area contributed by atoms with E-state index in [2.05, 4.69) is 33.2 Å². The van der Waals surface area contributed by atoms with Gasteiger partial charge in [0, 0.05) is 15.5 Å². The van der Waals surface area contributed by atoms with Gasteiger partial charge in [-0.25, -0.2) is 4.79 Å². The summed E-state index contributed by atoms with van der Waals surface area (Å²) in [6.45, 7) is 0. The van der Waals surface area contributed by atoms with Crippen molar-refractivity contribution in [3.63, 3.8) is 0 Å². The Bertz CT molecular complexity index is 396. The number of amides is 2. The van der Waals surface area contributed by atoms with E-state index in [0.29, 0.717) is 5.92 Å². The maximum atomic E-state index is 11.4. The summed E-state index contributed by atoms with van der Waals surface area (Å²) in [6.07, 6.45) is 6.25. The monoisotopic (exact) mass is 328 g/mol. The zero-order chi connectivity index (χ0) is 11.4. The zero-order valence-electron chi connectivity index (χ0n) is 8.74. The molecule has 1 aliphatic carbocycles. The van der Waals surface area contributed by atoms with Crippen molar-refractivity contribution >= 4 is 34.3 Å². The molecule has 1 fully saturated rings. The third-order valence-electron chi connectivity index (χ3n) is 2.31. The van der Waals surface area contributed by atoms with Crippen LogP contribution in [0.1, 0.15) is 12.8 Å². The molecule has 1 aromatic carbocycles. The number of rotatable bonds is 3. The van der Waals surface area contributed by atoms with E-state index in [9.17, 15) is 4.79 Å². The molecule has 84 valence electrons. The molecule has 1 aliphatic rings. The fraction of sp³-hybridized carbons (Fsp3) is 0.250. The minimum absolute atomic E-state index is 0.196. The van der Waals surface area contributed by atoms with Crippen LogP contribution in [0.3, 0.4) is 0 Å². The molecule has 0 saturated heterocycles. The summed E-state index contributed by atoms with van der Waals surface area (Å²) < 4.78 is 1.15. The molecule has 0 radical (unpaired) electrons.